The van der Waals surface area contributed by atoms with E-state index in [0.29, 0.717) is 24.6 Å². The predicted octanol–water partition coefficient (Wildman–Crippen LogP) is 0.770. The van der Waals surface area contributed by atoms with E-state index in [0.717, 1.165) is 5.69 Å². The maximum atomic E-state index is 11.8. The third-order valence-corrected chi connectivity index (χ3v) is 2.56. The lowest BCUT2D eigenvalue weighted by atomic mass is 10.2. The summed E-state index contributed by atoms with van der Waals surface area (Å²) >= 11 is 0. The number of ether oxygens (including phenoxy) is 1. The number of rotatable bonds is 5. The second kappa shape index (κ2) is 5.77. The smallest absolute Gasteiger partial charge is 0.263 e. The molecule has 0 aliphatic rings. The maximum Gasteiger partial charge on any atom is 0.263 e. The molecule has 0 aliphatic heterocycles. The molecule has 0 fully saturated rings. The number of nitrogens with one attached hydrogen (secondary N) is 1. The summed E-state index contributed by atoms with van der Waals surface area (Å²) in [5.74, 6) is 0.478. The quantitative estimate of drug-likeness (QED) is 0.826. The molecule has 19 heavy (non-hydrogen) atoms. The minimum absolute atomic E-state index is 0.156. The van der Waals surface area contributed by atoms with E-state index < -0.39 is 6.04 Å². The molecule has 102 valence electrons. The van der Waals surface area contributed by atoms with Crippen LogP contribution in [0.15, 0.2) is 21.6 Å². The highest BCUT2D eigenvalue weighted by molar-refractivity contribution is 5.50. The highest BCUT2D eigenvalue weighted by Crippen LogP contribution is 2.15. The van der Waals surface area contributed by atoms with Crippen molar-refractivity contribution in [3.8, 4) is 11.5 Å². The van der Waals surface area contributed by atoms with Crippen molar-refractivity contribution in [3.63, 3.8) is 0 Å². The van der Waals surface area contributed by atoms with E-state index in [9.17, 15) is 4.79 Å². The van der Waals surface area contributed by atoms with E-state index >= 15 is 0 Å². The lowest BCUT2D eigenvalue weighted by Gasteiger charge is -2.05. The minimum Gasteiger partial charge on any atom is -0.380 e. The predicted molar refractivity (Wildman–Crippen MR) is 68.5 cm³/mol. The molecular formula is C12H16N4O3. The van der Waals surface area contributed by atoms with Gasteiger partial charge in [-0.25, -0.2) is 0 Å². The Hall–Kier alpha value is -1.99. The molecule has 0 amide bonds. The third-order valence-electron chi connectivity index (χ3n) is 2.56. The van der Waals surface area contributed by atoms with E-state index in [2.05, 4.69) is 15.1 Å². The normalized spacial score (nSPS) is 12.6. The Morgan fingerprint density at radius 3 is 3.05 bits per heavy atom. The van der Waals surface area contributed by atoms with Crippen molar-refractivity contribution in [2.45, 2.75) is 19.9 Å². The monoisotopic (exact) mass is 264 g/mol. The molecule has 3 N–H and O–H groups in total. The molecule has 0 radical (unpaired) electrons. The summed E-state index contributed by atoms with van der Waals surface area (Å²) in [6, 6.07) is 1.00. The molecule has 0 aromatic carbocycles. The Morgan fingerprint density at radius 1 is 1.58 bits per heavy atom. The fourth-order valence-electron chi connectivity index (χ4n) is 1.55. The molecule has 7 heteroatoms. The van der Waals surface area contributed by atoms with E-state index in [-0.39, 0.29) is 11.3 Å². The molecule has 1 unspecified atom stereocenters. The number of aromatic amines is 1. The number of nitrogens with zero attached hydrogens (tertiary/aromatic N) is 2. The second-order valence-corrected chi connectivity index (χ2v) is 4.12. The Balaban J connectivity index is 2.23. The summed E-state index contributed by atoms with van der Waals surface area (Å²) in [6.07, 6.45) is 1.54. The van der Waals surface area contributed by atoms with Gasteiger partial charge in [0.25, 0.3) is 5.89 Å². The number of nitrogens with two attached hydrogens (primary N) is 1. The first-order valence-electron chi connectivity index (χ1n) is 5.98. The van der Waals surface area contributed by atoms with Gasteiger partial charge in [-0.1, -0.05) is 5.16 Å². The van der Waals surface area contributed by atoms with Crippen LogP contribution in [0.2, 0.25) is 0 Å². The summed E-state index contributed by atoms with van der Waals surface area (Å²) in [6.45, 7) is 4.54. The summed E-state index contributed by atoms with van der Waals surface area (Å²) in [7, 11) is 0. The van der Waals surface area contributed by atoms with Gasteiger partial charge in [-0.3, -0.25) is 4.79 Å². The molecule has 2 rings (SSSR count). The van der Waals surface area contributed by atoms with Gasteiger partial charge in [0.2, 0.25) is 0 Å². The molecule has 0 spiro atoms. The summed E-state index contributed by atoms with van der Waals surface area (Å²) < 4.78 is 10.2. The number of H-pyrrole nitrogens is 1. The number of aryl methyl sites for hydroxylation is 1. The number of pyridine rings is 1. The molecule has 0 bridgehead atoms. The van der Waals surface area contributed by atoms with E-state index in [1.54, 1.807) is 13.1 Å². The SMILES string of the molecule is CCOCC(N)c1noc(-c2c[nH]c(C)cc2=O)n1. The fourth-order valence-corrected chi connectivity index (χ4v) is 1.55. The van der Waals surface area contributed by atoms with Gasteiger partial charge in [0.15, 0.2) is 11.3 Å². The van der Waals surface area contributed by atoms with E-state index in [1.165, 1.54) is 6.07 Å². The third kappa shape index (κ3) is 3.07. The van der Waals surface area contributed by atoms with Crippen LogP contribution in [0, 0.1) is 6.92 Å². The molecule has 2 aromatic heterocycles. The molecule has 2 heterocycles. The second-order valence-electron chi connectivity index (χ2n) is 4.12. The van der Waals surface area contributed by atoms with Crippen LogP contribution in [0.5, 0.6) is 0 Å². The molecular weight excluding hydrogens is 248 g/mol. The van der Waals surface area contributed by atoms with Crippen LogP contribution in [-0.2, 0) is 4.74 Å². The largest absolute Gasteiger partial charge is 0.380 e. The van der Waals surface area contributed by atoms with Gasteiger partial charge < -0.3 is 20.0 Å². The van der Waals surface area contributed by atoms with Gasteiger partial charge >= 0.3 is 0 Å². The molecule has 0 saturated carbocycles. The topological polar surface area (TPSA) is 107 Å². The van der Waals surface area contributed by atoms with Crippen LogP contribution >= 0.6 is 0 Å². The number of hydrogen-bond donors (Lipinski definition) is 2. The van der Waals surface area contributed by atoms with E-state index in [4.69, 9.17) is 15.0 Å². The van der Waals surface area contributed by atoms with Crippen LogP contribution in [0.4, 0.5) is 0 Å². The molecule has 7 nitrogen and oxygen atoms in total. The van der Waals surface area contributed by atoms with Gasteiger partial charge in [-0.15, -0.1) is 0 Å². The van der Waals surface area contributed by atoms with Gasteiger partial charge in [0.1, 0.15) is 5.56 Å². The molecule has 0 aliphatic carbocycles. The average molecular weight is 264 g/mol. The Labute approximate surface area is 109 Å². The Morgan fingerprint density at radius 2 is 2.37 bits per heavy atom. The summed E-state index contributed by atoms with van der Waals surface area (Å²) in [4.78, 5) is 18.8. The van der Waals surface area contributed by atoms with Crippen molar-refractivity contribution < 1.29 is 9.26 Å². The van der Waals surface area contributed by atoms with Crippen molar-refractivity contribution in [1.82, 2.24) is 15.1 Å². The first kappa shape index (κ1) is 13.4. The Bertz CT molecular complexity index is 605. The van der Waals surface area contributed by atoms with Crippen LogP contribution in [0.25, 0.3) is 11.5 Å². The van der Waals surface area contributed by atoms with Crippen LogP contribution in [0.1, 0.15) is 24.5 Å². The van der Waals surface area contributed by atoms with Crippen molar-refractivity contribution >= 4 is 0 Å². The maximum absolute atomic E-state index is 11.8. The van der Waals surface area contributed by atoms with Gasteiger partial charge in [0, 0.05) is 24.6 Å². The van der Waals surface area contributed by atoms with Gasteiger partial charge in [0.05, 0.1) is 12.6 Å². The number of aromatic nitrogens is 3. The first-order valence-corrected chi connectivity index (χ1v) is 5.98. The number of hydrogen-bond acceptors (Lipinski definition) is 6. The zero-order valence-corrected chi connectivity index (χ0v) is 10.8. The van der Waals surface area contributed by atoms with Gasteiger partial charge in [-0.2, -0.15) is 4.98 Å². The molecule has 0 saturated heterocycles. The van der Waals surface area contributed by atoms with Crippen LogP contribution in [-0.4, -0.2) is 28.3 Å². The van der Waals surface area contributed by atoms with Crippen molar-refractivity contribution in [2.24, 2.45) is 5.73 Å². The first-order chi connectivity index (χ1) is 9.11. The summed E-state index contributed by atoms with van der Waals surface area (Å²) in [5.41, 5.74) is 6.75. The lowest BCUT2D eigenvalue weighted by molar-refractivity contribution is 0.130. The van der Waals surface area contributed by atoms with Crippen LogP contribution in [0.3, 0.4) is 0 Å². The zero-order chi connectivity index (χ0) is 13.8. The fraction of sp³-hybridized carbons (Fsp3) is 0.417. The van der Waals surface area contributed by atoms with Crippen molar-refractivity contribution in [3.05, 3.63) is 34.0 Å². The van der Waals surface area contributed by atoms with Gasteiger partial charge in [-0.05, 0) is 13.8 Å². The molecule has 2 aromatic rings. The average Bonchev–Trinajstić information content (AvgIpc) is 2.85. The molecule has 1 atom stereocenters. The summed E-state index contributed by atoms with van der Waals surface area (Å²) in [5, 5.41) is 3.77. The van der Waals surface area contributed by atoms with Crippen LogP contribution < -0.4 is 11.2 Å². The van der Waals surface area contributed by atoms with Crippen molar-refractivity contribution in [2.75, 3.05) is 13.2 Å². The highest BCUT2D eigenvalue weighted by Gasteiger charge is 2.17. The lowest BCUT2D eigenvalue weighted by Crippen LogP contribution is -2.18. The highest BCUT2D eigenvalue weighted by atomic mass is 16.5. The Kier molecular flexibility index (Phi) is 4.08. The van der Waals surface area contributed by atoms with E-state index in [1.807, 2.05) is 6.92 Å². The zero-order valence-electron chi connectivity index (χ0n) is 10.8. The van der Waals surface area contributed by atoms with Crippen molar-refractivity contribution in [1.29, 1.82) is 0 Å². The standard InChI is InChI=1S/C12H16N4O3/c1-3-18-6-9(13)11-15-12(19-16-11)8-5-14-7(2)4-10(8)17/h4-5,9H,3,6,13H2,1-2H3,(H,14,17). The minimum atomic E-state index is -0.470.